The van der Waals surface area contributed by atoms with Crippen molar-refractivity contribution in [3.05, 3.63) is 0 Å². The second-order valence-corrected chi connectivity index (χ2v) is 5.75. The van der Waals surface area contributed by atoms with Crippen molar-refractivity contribution in [1.82, 2.24) is 5.32 Å². The van der Waals surface area contributed by atoms with Crippen LogP contribution in [0.15, 0.2) is 0 Å². The van der Waals surface area contributed by atoms with Crippen molar-refractivity contribution in [3.63, 3.8) is 0 Å². The summed E-state index contributed by atoms with van der Waals surface area (Å²) in [5.41, 5.74) is 10.8. The van der Waals surface area contributed by atoms with Gasteiger partial charge in [0.1, 0.15) is 6.04 Å². The molecule has 0 rings (SSSR count). The summed E-state index contributed by atoms with van der Waals surface area (Å²) in [4.78, 5) is 23.2. The first kappa shape index (κ1) is 25.6. The second-order valence-electron chi connectivity index (χ2n) is 5.75. The van der Waals surface area contributed by atoms with Gasteiger partial charge in [-0.1, -0.05) is 45.4 Å². The summed E-state index contributed by atoms with van der Waals surface area (Å²) < 4.78 is 4.75. The van der Waals surface area contributed by atoms with Gasteiger partial charge in [0.15, 0.2) is 5.96 Å². The van der Waals surface area contributed by atoms with Gasteiger partial charge in [-0.05, 0) is 19.3 Å². The molecule has 0 spiro atoms. The summed E-state index contributed by atoms with van der Waals surface area (Å²) in [6.07, 6.45) is 8.98. The zero-order chi connectivity index (χ0) is 17.5. The van der Waals surface area contributed by atoms with Gasteiger partial charge in [-0.15, -0.1) is 0 Å². The molecule has 0 radical (unpaired) electrons. The number of guanidine groups is 1. The molecule has 0 saturated heterocycles. The predicted octanol–water partition coefficient (Wildman–Crippen LogP) is 1.14. The Balaban J connectivity index is 0. The number of hydrogen-bond acceptors (Lipinski definition) is 5. The fraction of sp³-hybridized carbons (Fsp3) is 0.812. The number of carbonyl (C=O) groups is 2. The number of esters is 2. The van der Waals surface area contributed by atoms with E-state index >= 15 is 0 Å². The quantitative estimate of drug-likeness (QED) is 0.0981. The molecule has 8 heteroatoms. The first-order valence-electron chi connectivity index (χ1n) is 8.55. The Morgan fingerprint density at radius 2 is 1.67 bits per heavy atom. The molecular weight excluding hydrogens is 319 g/mol. The number of rotatable bonds is 13. The van der Waals surface area contributed by atoms with Crippen LogP contribution in [0.3, 0.4) is 0 Å². The van der Waals surface area contributed by atoms with Crippen molar-refractivity contribution in [2.75, 3.05) is 6.54 Å². The number of ether oxygens (including phenoxy) is 1. The molecule has 6 N–H and O–H groups in total. The molecule has 0 amide bonds. The van der Waals surface area contributed by atoms with Gasteiger partial charge >= 0.3 is 41.5 Å². The zero-order valence-electron chi connectivity index (χ0n) is 14.2. The van der Waals surface area contributed by atoms with E-state index in [0.29, 0.717) is 19.4 Å². The molecular formula is C16H33N4NaO3. The molecule has 1 atom stereocenters. The van der Waals surface area contributed by atoms with E-state index in [2.05, 4.69) is 12.2 Å². The molecule has 24 heavy (non-hydrogen) atoms. The molecule has 0 bridgehead atoms. The molecule has 0 aromatic heterocycles. The average Bonchev–Trinajstić information content (AvgIpc) is 2.50. The molecule has 0 fully saturated rings. The third-order valence-electron chi connectivity index (χ3n) is 3.51. The SMILES string of the molecule is CCCCCCCCCC(=O)OC(=O)[C@@H](N)CCCNC(=N)N.[NaH]. The van der Waals surface area contributed by atoms with E-state index < -0.39 is 18.0 Å². The predicted molar refractivity (Wildman–Crippen MR) is 98.0 cm³/mol. The van der Waals surface area contributed by atoms with Gasteiger partial charge in [0.05, 0.1) is 0 Å². The van der Waals surface area contributed by atoms with Gasteiger partial charge < -0.3 is 21.5 Å². The van der Waals surface area contributed by atoms with Crippen LogP contribution in [0.2, 0.25) is 0 Å². The summed E-state index contributed by atoms with van der Waals surface area (Å²) in [5.74, 6) is -1.30. The fourth-order valence-corrected chi connectivity index (χ4v) is 2.13. The van der Waals surface area contributed by atoms with E-state index in [-0.39, 0.29) is 41.9 Å². The van der Waals surface area contributed by atoms with Crippen molar-refractivity contribution < 1.29 is 14.3 Å². The Kier molecular flexibility index (Phi) is 18.4. The van der Waals surface area contributed by atoms with Crippen LogP contribution in [-0.4, -0.2) is 60.0 Å². The Morgan fingerprint density at radius 1 is 1.08 bits per heavy atom. The number of carbonyl (C=O) groups excluding carboxylic acids is 2. The van der Waals surface area contributed by atoms with Gasteiger partial charge in [0, 0.05) is 13.0 Å². The zero-order valence-corrected chi connectivity index (χ0v) is 14.2. The van der Waals surface area contributed by atoms with Gasteiger partial charge in [-0.25, -0.2) is 4.79 Å². The fourth-order valence-electron chi connectivity index (χ4n) is 2.13. The van der Waals surface area contributed by atoms with E-state index in [9.17, 15) is 9.59 Å². The van der Waals surface area contributed by atoms with Gasteiger partial charge in [-0.3, -0.25) is 10.2 Å². The van der Waals surface area contributed by atoms with Crippen LogP contribution >= 0.6 is 0 Å². The number of hydrogen-bond donors (Lipinski definition) is 4. The Hall–Kier alpha value is -0.630. The van der Waals surface area contributed by atoms with Gasteiger partial charge in [0.25, 0.3) is 0 Å². The number of nitrogens with two attached hydrogens (primary N) is 2. The van der Waals surface area contributed by atoms with Crippen LogP contribution in [0.5, 0.6) is 0 Å². The molecule has 0 aliphatic carbocycles. The van der Waals surface area contributed by atoms with Crippen molar-refractivity contribution in [3.8, 4) is 0 Å². The third kappa shape index (κ3) is 16.2. The van der Waals surface area contributed by atoms with E-state index in [0.717, 1.165) is 19.3 Å². The van der Waals surface area contributed by atoms with Gasteiger partial charge in [-0.2, -0.15) is 0 Å². The molecule has 0 aliphatic heterocycles. The van der Waals surface area contributed by atoms with Crippen LogP contribution < -0.4 is 16.8 Å². The summed E-state index contributed by atoms with van der Waals surface area (Å²) in [7, 11) is 0. The molecule has 0 aromatic rings. The standard InChI is InChI=1S/C16H32N4O3.Na.H/c1-2-3-4-5-6-7-8-11-14(21)23-15(22)13(17)10-9-12-20-16(18)19;;/h13H,2-12,17H2,1H3,(H4,18,19,20);;/t13-;;/m0../s1. The number of unbranched alkanes of at least 4 members (excludes halogenated alkanes) is 6. The Bertz CT molecular complexity index is 367. The second kappa shape index (κ2) is 17.2. The maximum absolute atomic E-state index is 11.6. The summed E-state index contributed by atoms with van der Waals surface area (Å²) in [6, 6.07) is -0.818. The first-order valence-corrected chi connectivity index (χ1v) is 8.55. The monoisotopic (exact) mass is 352 g/mol. The minimum atomic E-state index is -0.818. The van der Waals surface area contributed by atoms with E-state index in [1.54, 1.807) is 0 Å². The molecule has 0 aliphatic rings. The molecule has 0 aromatic carbocycles. The topological polar surface area (TPSA) is 131 Å². The normalized spacial score (nSPS) is 11.2. The molecule has 0 unspecified atom stereocenters. The first-order chi connectivity index (χ1) is 11.0. The maximum atomic E-state index is 11.6. The Labute approximate surface area is 167 Å². The van der Waals surface area contributed by atoms with Crippen molar-refractivity contribution >= 4 is 47.5 Å². The van der Waals surface area contributed by atoms with Crippen LogP contribution in [0.1, 0.15) is 71.1 Å². The van der Waals surface area contributed by atoms with Crippen LogP contribution in [-0.2, 0) is 14.3 Å². The van der Waals surface area contributed by atoms with Crippen molar-refractivity contribution in [2.45, 2.75) is 77.2 Å². The summed E-state index contributed by atoms with van der Waals surface area (Å²) in [5, 5.41) is 9.60. The van der Waals surface area contributed by atoms with Crippen LogP contribution in [0, 0.1) is 5.41 Å². The van der Waals surface area contributed by atoms with Crippen LogP contribution in [0.25, 0.3) is 0 Å². The summed E-state index contributed by atoms with van der Waals surface area (Å²) >= 11 is 0. The van der Waals surface area contributed by atoms with Crippen LogP contribution in [0.4, 0.5) is 0 Å². The number of nitrogens with one attached hydrogen (secondary N) is 2. The van der Waals surface area contributed by atoms with Crippen molar-refractivity contribution in [1.29, 1.82) is 5.41 Å². The van der Waals surface area contributed by atoms with E-state index in [4.69, 9.17) is 21.6 Å². The molecule has 7 nitrogen and oxygen atoms in total. The van der Waals surface area contributed by atoms with Gasteiger partial charge in [0.2, 0.25) is 0 Å². The summed E-state index contributed by atoms with van der Waals surface area (Å²) in [6.45, 7) is 2.64. The van der Waals surface area contributed by atoms with E-state index in [1.807, 2.05) is 0 Å². The minimum absolute atomic E-state index is 0. The molecule has 136 valence electrons. The van der Waals surface area contributed by atoms with E-state index in [1.165, 1.54) is 25.7 Å². The molecule has 0 saturated carbocycles. The third-order valence-corrected chi connectivity index (χ3v) is 3.51. The van der Waals surface area contributed by atoms with Crippen molar-refractivity contribution in [2.24, 2.45) is 11.5 Å². The Morgan fingerprint density at radius 3 is 2.25 bits per heavy atom. The average molecular weight is 352 g/mol. The molecule has 0 heterocycles.